The minimum atomic E-state index is -1.07. The molecule has 1 aromatic heterocycles. The van der Waals surface area contributed by atoms with Crippen LogP contribution in [-0.2, 0) is 6.42 Å². The van der Waals surface area contributed by atoms with E-state index < -0.39 is 5.97 Å². The third-order valence-corrected chi connectivity index (χ3v) is 3.20. The number of rotatable bonds is 5. The highest BCUT2D eigenvalue weighted by atomic mass is 35.5. The number of nitrogens with two attached hydrogens (primary N) is 1. The molecule has 4 nitrogen and oxygen atoms in total. The summed E-state index contributed by atoms with van der Waals surface area (Å²) >= 11 is 5.84. The zero-order valence-electron chi connectivity index (χ0n) is 10.2. The van der Waals surface area contributed by atoms with E-state index in [2.05, 4.69) is 0 Å². The Bertz CT molecular complexity index is 562. The highest BCUT2D eigenvalue weighted by molar-refractivity contribution is 6.30. The van der Waals surface area contributed by atoms with Gasteiger partial charge in [0.15, 0.2) is 0 Å². The molecule has 0 saturated carbocycles. The van der Waals surface area contributed by atoms with Gasteiger partial charge in [-0.05, 0) is 36.4 Å². The van der Waals surface area contributed by atoms with Crippen molar-refractivity contribution in [2.24, 2.45) is 5.73 Å². The summed E-state index contributed by atoms with van der Waals surface area (Å²) < 4.78 is 5.24. The van der Waals surface area contributed by atoms with Crippen molar-refractivity contribution in [2.45, 2.75) is 12.3 Å². The molecule has 2 aromatic rings. The van der Waals surface area contributed by atoms with Crippen LogP contribution in [0.2, 0.25) is 5.02 Å². The van der Waals surface area contributed by atoms with E-state index in [4.69, 9.17) is 26.9 Å². The molecular weight excluding hydrogens is 266 g/mol. The van der Waals surface area contributed by atoms with Gasteiger partial charge in [-0.3, -0.25) is 0 Å². The predicted molar refractivity (Wildman–Crippen MR) is 72.6 cm³/mol. The lowest BCUT2D eigenvalue weighted by molar-refractivity contribution is 0.0660. The number of benzene rings is 1. The van der Waals surface area contributed by atoms with Crippen LogP contribution in [0.25, 0.3) is 0 Å². The van der Waals surface area contributed by atoms with Crippen molar-refractivity contribution in [1.29, 1.82) is 0 Å². The molecule has 0 radical (unpaired) electrons. The monoisotopic (exact) mass is 279 g/mol. The van der Waals surface area contributed by atoms with Crippen molar-refractivity contribution < 1.29 is 14.3 Å². The van der Waals surface area contributed by atoms with Crippen LogP contribution in [0.15, 0.2) is 40.8 Å². The molecule has 5 heteroatoms. The maximum absolute atomic E-state index is 10.7. The predicted octanol–water partition coefficient (Wildman–Crippen LogP) is 2.92. The zero-order chi connectivity index (χ0) is 13.8. The van der Waals surface area contributed by atoms with Gasteiger partial charge < -0.3 is 15.3 Å². The fraction of sp³-hybridized carbons (Fsp3) is 0.214. The average Bonchev–Trinajstić information content (AvgIpc) is 2.86. The first kappa shape index (κ1) is 13.6. The van der Waals surface area contributed by atoms with E-state index in [1.165, 1.54) is 6.07 Å². The second-order valence-electron chi connectivity index (χ2n) is 4.26. The maximum Gasteiger partial charge on any atom is 0.371 e. The molecule has 1 heterocycles. The van der Waals surface area contributed by atoms with Crippen molar-refractivity contribution in [2.75, 3.05) is 6.54 Å². The molecule has 0 aliphatic carbocycles. The molecule has 19 heavy (non-hydrogen) atoms. The summed E-state index contributed by atoms with van der Waals surface area (Å²) in [5, 5.41) is 9.48. The van der Waals surface area contributed by atoms with Crippen molar-refractivity contribution in [3.8, 4) is 0 Å². The van der Waals surface area contributed by atoms with Gasteiger partial charge in [0.05, 0.1) is 0 Å². The molecule has 3 N–H and O–H groups in total. The van der Waals surface area contributed by atoms with Gasteiger partial charge in [-0.1, -0.05) is 23.7 Å². The Kier molecular flexibility index (Phi) is 4.24. The molecule has 2 rings (SSSR count). The molecule has 0 spiro atoms. The number of aromatic carboxylic acids is 1. The standard InChI is InChI=1S/C14H14ClNO3/c15-11-3-1-9(2-4-11)10(8-16)7-12-5-6-13(19-12)14(17)18/h1-6,10H,7-8,16H2,(H,17,18). The largest absolute Gasteiger partial charge is 0.475 e. The van der Waals surface area contributed by atoms with Crippen molar-refractivity contribution >= 4 is 17.6 Å². The first-order chi connectivity index (χ1) is 9.10. The van der Waals surface area contributed by atoms with Gasteiger partial charge in [-0.2, -0.15) is 0 Å². The van der Waals surface area contributed by atoms with Gasteiger partial charge in [-0.25, -0.2) is 4.79 Å². The Hall–Kier alpha value is -1.78. The van der Waals surface area contributed by atoms with Crippen LogP contribution in [0.4, 0.5) is 0 Å². The Labute approximate surface area is 115 Å². The minimum absolute atomic E-state index is 0.0538. The number of carboxylic acids is 1. The highest BCUT2D eigenvalue weighted by Crippen LogP contribution is 2.23. The molecule has 0 bridgehead atoms. The van der Waals surface area contributed by atoms with E-state index in [0.29, 0.717) is 23.7 Å². The van der Waals surface area contributed by atoms with E-state index in [1.807, 2.05) is 24.3 Å². The minimum Gasteiger partial charge on any atom is -0.475 e. The van der Waals surface area contributed by atoms with E-state index in [9.17, 15) is 4.79 Å². The maximum atomic E-state index is 10.7. The number of furan rings is 1. The van der Waals surface area contributed by atoms with Crippen LogP contribution in [0, 0.1) is 0 Å². The molecule has 0 saturated heterocycles. The Morgan fingerprint density at radius 1 is 1.26 bits per heavy atom. The molecular formula is C14H14ClNO3. The van der Waals surface area contributed by atoms with E-state index in [1.54, 1.807) is 6.07 Å². The molecule has 100 valence electrons. The molecule has 1 unspecified atom stereocenters. The van der Waals surface area contributed by atoms with Crippen molar-refractivity contribution in [3.05, 3.63) is 58.5 Å². The molecule has 0 amide bonds. The number of carboxylic acid groups (broad SMARTS) is 1. The van der Waals surface area contributed by atoms with Gasteiger partial charge in [0.2, 0.25) is 5.76 Å². The molecule has 0 fully saturated rings. The van der Waals surface area contributed by atoms with Crippen LogP contribution in [-0.4, -0.2) is 17.6 Å². The summed E-state index contributed by atoms with van der Waals surface area (Å²) in [7, 11) is 0. The lowest BCUT2D eigenvalue weighted by Crippen LogP contribution is -2.14. The van der Waals surface area contributed by atoms with Crippen LogP contribution >= 0.6 is 11.6 Å². The Morgan fingerprint density at radius 2 is 1.95 bits per heavy atom. The first-order valence-corrected chi connectivity index (χ1v) is 6.25. The third kappa shape index (κ3) is 3.36. The molecule has 0 aliphatic heterocycles. The second-order valence-corrected chi connectivity index (χ2v) is 4.70. The SMILES string of the molecule is NCC(Cc1ccc(C(=O)O)o1)c1ccc(Cl)cc1. The van der Waals surface area contributed by atoms with Gasteiger partial charge in [0.1, 0.15) is 5.76 Å². The summed E-state index contributed by atoms with van der Waals surface area (Å²) in [5.74, 6) is -0.434. The quantitative estimate of drug-likeness (QED) is 0.882. The van der Waals surface area contributed by atoms with Crippen molar-refractivity contribution in [1.82, 2.24) is 0 Å². The van der Waals surface area contributed by atoms with Crippen LogP contribution < -0.4 is 5.73 Å². The lowest BCUT2D eigenvalue weighted by Gasteiger charge is -2.13. The summed E-state index contributed by atoms with van der Waals surface area (Å²) in [6.07, 6.45) is 0.561. The summed E-state index contributed by atoms with van der Waals surface area (Å²) in [6, 6.07) is 10.6. The Morgan fingerprint density at radius 3 is 2.47 bits per heavy atom. The summed E-state index contributed by atoms with van der Waals surface area (Å²) in [5.41, 5.74) is 6.82. The van der Waals surface area contributed by atoms with Gasteiger partial charge >= 0.3 is 5.97 Å². The molecule has 1 atom stereocenters. The molecule has 1 aromatic carbocycles. The number of halogens is 1. The number of hydrogen-bond acceptors (Lipinski definition) is 3. The number of carbonyl (C=O) groups is 1. The van der Waals surface area contributed by atoms with E-state index in [0.717, 1.165) is 5.56 Å². The van der Waals surface area contributed by atoms with Gasteiger partial charge in [0, 0.05) is 17.4 Å². The fourth-order valence-electron chi connectivity index (χ4n) is 1.92. The van der Waals surface area contributed by atoms with E-state index in [-0.39, 0.29) is 11.7 Å². The highest BCUT2D eigenvalue weighted by Gasteiger charge is 2.15. The van der Waals surface area contributed by atoms with Crippen LogP contribution in [0.5, 0.6) is 0 Å². The van der Waals surface area contributed by atoms with Gasteiger partial charge in [0.25, 0.3) is 0 Å². The third-order valence-electron chi connectivity index (χ3n) is 2.95. The van der Waals surface area contributed by atoms with Gasteiger partial charge in [-0.15, -0.1) is 0 Å². The smallest absolute Gasteiger partial charge is 0.371 e. The summed E-state index contributed by atoms with van der Waals surface area (Å²) in [4.78, 5) is 10.7. The number of hydrogen-bond donors (Lipinski definition) is 2. The zero-order valence-corrected chi connectivity index (χ0v) is 10.9. The van der Waals surface area contributed by atoms with Crippen molar-refractivity contribution in [3.63, 3.8) is 0 Å². The fourth-order valence-corrected chi connectivity index (χ4v) is 2.04. The topological polar surface area (TPSA) is 76.5 Å². The lowest BCUT2D eigenvalue weighted by atomic mass is 9.95. The second kappa shape index (κ2) is 5.91. The van der Waals surface area contributed by atoms with E-state index >= 15 is 0 Å². The Balaban J connectivity index is 2.14. The average molecular weight is 280 g/mol. The van der Waals surface area contributed by atoms with Crippen LogP contribution in [0.1, 0.15) is 27.8 Å². The summed E-state index contributed by atoms with van der Waals surface area (Å²) in [6.45, 7) is 0.449. The van der Waals surface area contributed by atoms with Crippen LogP contribution in [0.3, 0.4) is 0 Å². The molecule has 0 aliphatic rings. The normalized spacial score (nSPS) is 12.3. The first-order valence-electron chi connectivity index (χ1n) is 5.87.